The number of amides is 1. The van der Waals surface area contributed by atoms with E-state index in [1.807, 2.05) is 19.9 Å². The number of ether oxygens (including phenoxy) is 1. The zero-order chi connectivity index (χ0) is 22.5. The van der Waals surface area contributed by atoms with Crippen LogP contribution in [0.15, 0.2) is 42.6 Å². The van der Waals surface area contributed by atoms with Crippen molar-refractivity contribution in [1.82, 2.24) is 9.97 Å². The minimum absolute atomic E-state index is 0.0101. The molecule has 1 unspecified atom stereocenters. The van der Waals surface area contributed by atoms with Crippen LogP contribution in [-0.4, -0.2) is 22.0 Å². The topological polar surface area (TPSA) is 126 Å². The molecule has 0 bridgehead atoms. The number of halogens is 1. The fourth-order valence-corrected chi connectivity index (χ4v) is 2.91. The number of benzene rings is 2. The van der Waals surface area contributed by atoms with Gasteiger partial charge in [0.1, 0.15) is 11.8 Å². The number of nitrogens with two attached hydrogens (primary N) is 1. The lowest BCUT2D eigenvalue weighted by Gasteiger charge is -2.16. The maximum Gasteiger partial charge on any atom is 0.248 e. The summed E-state index contributed by atoms with van der Waals surface area (Å²) in [5.74, 6) is -0.371. The lowest BCUT2D eigenvalue weighted by atomic mass is 10.1. The van der Waals surface area contributed by atoms with Gasteiger partial charge in [-0.25, -0.2) is 9.37 Å². The van der Waals surface area contributed by atoms with E-state index in [2.05, 4.69) is 20.6 Å². The number of aromatic nitrogens is 2. The van der Waals surface area contributed by atoms with Gasteiger partial charge >= 0.3 is 0 Å². The van der Waals surface area contributed by atoms with Crippen LogP contribution in [0.3, 0.4) is 0 Å². The van der Waals surface area contributed by atoms with Crippen LogP contribution < -0.4 is 21.1 Å². The molecular weight excluding hydrogens is 399 g/mol. The van der Waals surface area contributed by atoms with Crippen molar-refractivity contribution in [3.63, 3.8) is 0 Å². The van der Waals surface area contributed by atoms with Gasteiger partial charge in [-0.1, -0.05) is 0 Å². The van der Waals surface area contributed by atoms with Crippen molar-refractivity contribution in [2.75, 3.05) is 10.6 Å². The molecule has 4 N–H and O–H groups in total. The largest absolute Gasteiger partial charge is 0.475 e. The Bertz CT molecular complexity index is 1130. The van der Waals surface area contributed by atoms with Crippen LogP contribution >= 0.6 is 0 Å². The predicted octanol–water partition coefficient (Wildman–Crippen LogP) is 4.11. The molecule has 1 heterocycles. The summed E-state index contributed by atoms with van der Waals surface area (Å²) in [6.45, 7) is 5.35. The number of hydrogen-bond acceptors (Lipinski definition) is 7. The Morgan fingerprint density at radius 1 is 1.16 bits per heavy atom. The van der Waals surface area contributed by atoms with E-state index in [4.69, 9.17) is 15.7 Å². The molecule has 31 heavy (non-hydrogen) atoms. The molecule has 1 atom stereocenters. The van der Waals surface area contributed by atoms with Crippen LogP contribution in [0.25, 0.3) is 0 Å². The molecule has 3 rings (SSSR count). The van der Waals surface area contributed by atoms with Crippen LogP contribution in [0.5, 0.6) is 5.75 Å². The van der Waals surface area contributed by atoms with Crippen molar-refractivity contribution in [3.8, 4) is 11.8 Å². The smallest absolute Gasteiger partial charge is 0.248 e. The maximum absolute atomic E-state index is 14.3. The molecule has 0 radical (unpaired) electrons. The zero-order valence-electron chi connectivity index (χ0n) is 17.2. The molecule has 1 amide bonds. The number of rotatable bonds is 7. The zero-order valence-corrected chi connectivity index (χ0v) is 17.2. The molecule has 1 aromatic heterocycles. The van der Waals surface area contributed by atoms with Gasteiger partial charge in [-0.3, -0.25) is 4.79 Å². The normalized spacial score (nSPS) is 11.3. The van der Waals surface area contributed by atoms with Crippen molar-refractivity contribution in [2.24, 2.45) is 5.73 Å². The second-order valence-corrected chi connectivity index (χ2v) is 6.91. The summed E-state index contributed by atoms with van der Waals surface area (Å²) in [4.78, 5) is 19.3. The number of nitriles is 1. The van der Waals surface area contributed by atoms with E-state index in [0.717, 1.165) is 17.3 Å². The highest BCUT2D eigenvalue weighted by Crippen LogP contribution is 2.30. The second-order valence-electron chi connectivity index (χ2n) is 6.91. The highest BCUT2D eigenvalue weighted by atomic mass is 19.1. The molecule has 3 aromatic rings. The first kappa shape index (κ1) is 21.5. The molecular formula is C22H21FN6O2. The van der Waals surface area contributed by atoms with Crippen LogP contribution in [0, 0.1) is 31.0 Å². The Labute approximate surface area is 178 Å². The van der Waals surface area contributed by atoms with E-state index in [-0.39, 0.29) is 11.8 Å². The summed E-state index contributed by atoms with van der Waals surface area (Å²) in [6, 6.07) is 12.0. The number of aryl methyl sites for hydroxylation is 2. The van der Waals surface area contributed by atoms with Gasteiger partial charge in [0.2, 0.25) is 11.9 Å². The van der Waals surface area contributed by atoms with E-state index < -0.39 is 17.8 Å². The molecule has 0 spiro atoms. The first-order valence-electron chi connectivity index (χ1n) is 9.41. The Morgan fingerprint density at radius 2 is 1.81 bits per heavy atom. The standard InChI is InChI=1S/C22H21FN6O2/c1-12-8-17(9-13(2)19(12)31-14(3)10-24)27-21-18(23)11-26-22(29-21)28-16-6-4-15(5-7-16)20(25)30/h4-9,11,14H,1-3H3,(H2,25,30)(H2,26,27,28,29). The van der Waals surface area contributed by atoms with E-state index in [0.29, 0.717) is 22.7 Å². The average Bonchev–Trinajstić information content (AvgIpc) is 2.73. The number of carbonyl (C=O) groups is 1. The van der Waals surface area contributed by atoms with Crippen LogP contribution in [0.4, 0.5) is 27.5 Å². The minimum atomic E-state index is -0.622. The third kappa shape index (κ3) is 5.25. The highest BCUT2D eigenvalue weighted by Gasteiger charge is 2.13. The quantitative estimate of drug-likeness (QED) is 0.525. The Balaban J connectivity index is 1.81. The van der Waals surface area contributed by atoms with E-state index in [9.17, 15) is 9.18 Å². The minimum Gasteiger partial charge on any atom is -0.475 e. The van der Waals surface area contributed by atoms with Crippen molar-refractivity contribution in [1.29, 1.82) is 5.26 Å². The summed E-state index contributed by atoms with van der Waals surface area (Å²) >= 11 is 0. The second kappa shape index (κ2) is 9.09. The number of anilines is 4. The SMILES string of the molecule is Cc1cc(Nc2nc(Nc3ccc(C(N)=O)cc3)ncc2F)cc(C)c1OC(C)C#N. The van der Waals surface area contributed by atoms with Crippen molar-refractivity contribution < 1.29 is 13.9 Å². The Morgan fingerprint density at radius 3 is 2.39 bits per heavy atom. The number of nitrogens with zero attached hydrogens (tertiary/aromatic N) is 3. The van der Waals surface area contributed by atoms with Gasteiger partial charge in [-0.15, -0.1) is 0 Å². The van der Waals surface area contributed by atoms with Crippen LogP contribution in [-0.2, 0) is 0 Å². The van der Waals surface area contributed by atoms with Gasteiger partial charge in [0.05, 0.1) is 6.20 Å². The molecule has 2 aromatic carbocycles. The van der Waals surface area contributed by atoms with E-state index in [1.54, 1.807) is 43.3 Å². The Kier molecular flexibility index (Phi) is 6.31. The van der Waals surface area contributed by atoms with Gasteiger partial charge < -0.3 is 21.1 Å². The van der Waals surface area contributed by atoms with Gasteiger partial charge in [0.25, 0.3) is 0 Å². The summed E-state index contributed by atoms with van der Waals surface area (Å²) in [7, 11) is 0. The average molecular weight is 420 g/mol. The third-order valence-corrected chi connectivity index (χ3v) is 4.37. The monoisotopic (exact) mass is 420 g/mol. The molecule has 9 heteroatoms. The van der Waals surface area contributed by atoms with E-state index in [1.165, 1.54) is 0 Å². The van der Waals surface area contributed by atoms with Crippen LogP contribution in [0.2, 0.25) is 0 Å². The summed E-state index contributed by atoms with van der Waals surface area (Å²) in [5.41, 5.74) is 8.42. The summed E-state index contributed by atoms with van der Waals surface area (Å²) in [5, 5.41) is 14.9. The van der Waals surface area contributed by atoms with Gasteiger partial charge in [-0.2, -0.15) is 10.2 Å². The molecule has 0 aliphatic carbocycles. The molecule has 0 aliphatic rings. The fourth-order valence-electron chi connectivity index (χ4n) is 2.91. The Hall–Kier alpha value is -4.19. The van der Waals surface area contributed by atoms with Gasteiger partial charge in [0, 0.05) is 16.9 Å². The van der Waals surface area contributed by atoms with Crippen molar-refractivity contribution >= 4 is 29.0 Å². The molecule has 0 saturated heterocycles. The summed E-state index contributed by atoms with van der Waals surface area (Å²) < 4.78 is 19.9. The number of nitrogens with one attached hydrogen (secondary N) is 2. The first-order chi connectivity index (χ1) is 14.8. The summed E-state index contributed by atoms with van der Waals surface area (Å²) in [6.07, 6.45) is 0.475. The molecule has 8 nitrogen and oxygen atoms in total. The number of carbonyl (C=O) groups excluding carboxylic acids is 1. The molecule has 0 saturated carbocycles. The highest BCUT2D eigenvalue weighted by molar-refractivity contribution is 5.93. The predicted molar refractivity (Wildman–Crippen MR) is 115 cm³/mol. The lowest BCUT2D eigenvalue weighted by molar-refractivity contribution is 0.100. The van der Waals surface area contributed by atoms with Gasteiger partial charge in [-0.05, 0) is 68.3 Å². The maximum atomic E-state index is 14.3. The number of primary amides is 1. The molecule has 158 valence electrons. The molecule has 0 fully saturated rings. The molecule has 0 aliphatic heterocycles. The third-order valence-electron chi connectivity index (χ3n) is 4.37. The lowest BCUT2D eigenvalue weighted by Crippen LogP contribution is -2.11. The number of hydrogen-bond donors (Lipinski definition) is 3. The van der Waals surface area contributed by atoms with Gasteiger partial charge in [0.15, 0.2) is 17.7 Å². The van der Waals surface area contributed by atoms with Crippen LogP contribution in [0.1, 0.15) is 28.4 Å². The first-order valence-corrected chi connectivity index (χ1v) is 9.41. The van der Waals surface area contributed by atoms with Crippen molar-refractivity contribution in [2.45, 2.75) is 26.9 Å². The van der Waals surface area contributed by atoms with Crippen molar-refractivity contribution in [3.05, 3.63) is 65.1 Å². The van der Waals surface area contributed by atoms with E-state index >= 15 is 0 Å². The fraction of sp³-hybridized carbons (Fsp3) is 0.182.